The van der Waals surface area contributed by atoms with E-state index in [4.69, 9.17) is 14.6 Å². The molecule has 0 bridgehead atoms. The van der Waals surface area contributed by atoms with E-state index < -0.39 is 5.97 Å². The molecule has 0 aliphatic carbocycles. The fraction of sp³-hybridized carbons (Fsp3) is 0.500. The maximum Gasteiger partial charge on any atom is 0.338 e. The summed E-state index contributed by atoms with van der Waals surface area (Å²) in [4.78, 5) is 24.0. The van der Waals surface area contributed by atoms with E-state index in [0.717, 1.165) is 19.1 Å². The first-order valence-electron chi connectivity index (χ1n) is 5.74. The molecule has 0 saturated carbocycles. The van der Waals surface area contributed by atoms with Gasteiger partial charge in [0.15, 0.2) is 5.76 Å². The molecule has 1 amide bonds. The van der Waals surface area contributed by atoms with Crippen molar-refractivity contribution in [3.05, 3.63) is 23.7 Å². The first-order chi connectivity index (χ1) is 8.56. The second-order valence-electron chi connectivity index (χ2n) is 4.02. The van der Waals surface area contributed by atoms with Crippen LogP contribution in [0.2, 0.25) is 0 Å². The highest BCUT2D eigenvalue weighted by Gasteiger charge is 2.17. The predicted octanol–water partition coefficient (Wildman–Crippen LogP) is 1.21. The van der Waals surface area contributed by atoms with E-state index in [0.29, 0.717) is 13.0 Å². The number of hydrogen-bond donors (Lipinski definition) is 2. The molecule has 0 saturated heterocycles. The summed E-state index contributed by atoms with van der Waals surface area (Å²) in [6.07, 6.45) is 3.39. The molecule has 0 aromatic carbocycles. The van der Waals surface area contributed by atoms with Gasteiger partial charge in [0.05, 0.1) is 5.56 Å². The van der Waals surface area contributed by atoms with Gasteiger partial charge in [0, 0.05) is 26.3 Å². The van der Waals surface area contributed by atoms with Gasteiger partial charge < -0.3 is 19.5 Å². The fourth-order valence-corrected chi connectivity index (χ4v) is 1.49. The lowest BCUT2D eigenvalue weighted by Crippen LogP contribution is -2.27. The number of rotatable bonds is 7. The maximum absolute atomic E-state index is 11.8. The van der Waals surface area contributed by atoms with E-state index in [9.17, 15) is 9.59 Å². The molecule has 0 fully saturated rings. The Morgan fingerprint density at radius 3 is 2.61 bits per heavy atom. The van der Waals surface area contributed by atoms with Crippen LogP contribution in [0, 0.1) is 0 Å². The Balaban J connectivity index is 2.49. The highest BCUT2D eigenvalue weighted by molar-refractivity contribution is 5.95. The van der Waals surface area contributed by atoms with E-state index in [-0.39, 0.29) is 23.8 Å². The highest BCUT2D eigenvalue weighted by Crippen LogP contribution is 2.10. The number of amides is 1. The first-order valence-corrected chi connectivity index (χ1v) is 5.74. The third-order valence-corrected chi connectivity index (χ3v) is 2.56. The van der Waals surface area contributed by atoms with Crippen LogP contribution in [0.1, 0.15) is 40.2 Å². The SMILES string of the molecule is CN(CCCCCO)C(=O)c1cc(C(=O)O)co1. The molecule has 2 N–H and O–H groups in total. The van der Waals surface area contributed by atoms with Crippen molar-refractivity contribution in [2.75, 3.05) is 20.2 Å². The zero-order valence-corrected chi connectivity index (χ0v) is 10.3. The second kappa shape index (κ2) is 6.80. The Morgan fingerprint density at radius 2 is 2.06 bits per heavy atom. The average molecular weight is 255 g/mol. The number of carbonyl (C=O) groups is 2. The number of aliphatic hydroxyl groups is 1. The van der Waals surface area contributed by atoms with Crippen LogP contribution < -0.4 is 0 Å². The number of carbonyl (C=O) groups excluding carboxylic acids is 1. The summed E-state index contributed by atoms with van der Waals surface area (Å²) in [6.45, 7) is 0.694. The molecule has 6 nitrogen and oxygen atoms in total. The minimum atomic E-state index is -1.12. The van der Waals surface area contributed by atoms with Crippen molar-refractivity contribution in [2.45, 2.75) is 19.3 Å². The zero-order chi connectivity index (χ0) is 13.5. The predicted molar refractivity (Wildman–Crippen MR) is 63.6 cm³/mol. The van der Waals surface area contributed by atoms with Crippen LogP contribution in [0.25, 0.3) is 0 Å². The Kier molecular flexibility index (Phi) is 5.38. The van der Waals surface area contributed by atoms with Gasteiger partial charge in [-0.25, -0.2) is 4.79 Å². The van der Waals surface area contributed by atoms with Gasteiger partial charge >= 0.3 is 5.97 Å². The molecule has 1 heterocycles. The number of unbranched alkanes of at least 4 members (excludes halogenated alkanes) is 2. The number of carboxylic acids is 1. The molecule has 0 aliphatic rings. The molecule has 0 aliphatic heterocycles. The number of aliphatic hydroxyl groups excluding tert-OH is 1. The zero-order valence-electron chi connectivity index (χ0n) is 10.3. The van der Waals surface area contributed by atoms with Crippen molar-refractivity contribution in [1.82, 2.24) is 4.90 Å². The molecule has 1 aromatic rings. The summed E-state index contributed by atoms with van der Waals surface area (Å²) in [5.41, 5.74) is -0.0352. The van der Waals surface area contributed by atoms with Crippen LogP contribution in [0.5, 0.6) is 0 Å². The quantitative estimate of drug-likeness (QED) is 0.715. The van der Waals surface area contributed by atoms with Crippen LogP contribution in [0.15, 0.2) is 16.7 Å². The normalized spacial score (nSPS) is 10.3. The molecule has 1 aromatic heterocycles. The summed E-state index contributed by atoms with van der Waals surface area (Å²) in [7, 11) is 1.63. The van der Waals surface area contributed by atoms with Gasteiger partial charge in [-0.2, -0.15) is 0 Å². The van der Waals surface area contributed by atoms with Crippen molar-refractivity contribution in [2.24, 2.45) is 0 Å². The summed E-state index contributed by atoms with van der Waals surface area (Å²) >= 11 is 0. The monoisotopic (exact) mass is 255 g/mol. The van der Waals surface area contributed by atoms with Crippen LogP contribution in [-0.2, 0) is 0 Å². The number of nitrogens with zero attached hydrogens (tertiary/aromatic N) is 1. The highest BCUT2D eigenvalue weighted by atomic mass is 16.4. The van der Waals surface area contributed by atoms with Crippen molar-refractivity contribution in [3.63, 3.8) is 0 Å². The molecule has 0 atom stereocenters. The van der Waals surface area contributed by atoms with Crippen LogP contribution in [0.4, 0.5) is 0 Å². The largest absolute Gasteiger partial charge is 0.478 e. The Bertz CT molecular complexity index is 412. The van der Waals surface area contributed by atoms with Gasteiger partial charge in [0.25, 0.3) is 5.91 Å². The number of aromatic carboxylic acids is 1. The fourth-order valence-electron chi connectivity index (χ4n) is 1.49. The van der Waals surface area contributed by atoms with Crippen molar-refractivity contribution < 1.29 is 24.2 Å². The lowest BCUT2D eigenvalue weighted by molar-refractivity contribution is 0.0695. The first kappa shape index (κ1) is 14.2. The van der Waals surface area contributed by atoms with Crippen molar-refractivity contribution >= 4 is 11.9 Å². The number of carboxylic acid groups (broad SMARTS) is 1. The Hall–Kier alpha value is -1.82. The van der Waals surface area contributed by atoms with E-state index >= 15 is 0 Å². The molecule has 100 valence electrons. The van der Waals surface area contributed by atoms with Gasteiger partial charge in [-0.15, -0.1) is 0 Å². The Labute approximate surface area is 105 Å². The van der Waals surface area contributed by atoms with Gasteiger partial charge in [0.2, 0.25) is 0 Å². The minimum absolute atomic E-state index is 0.0251. The van der Waals surface area contributed by atoms with Crippen LogP contribution >= 0.6 is 0 Å². The second-order valence-corrected chi connectivity index (χ2v) is 4.02. The van der Waals surface area contributed by atoms with Crippen molar-refractivity contribution in [3.8, 4) is 0 Å². The van der Waals surface area contributed by atoms with Crippen molar-refractivity contribution in [1.29, 1.82) is 0 Å². The molecule has 6 heteroatoms. The summed E-state index contributed by atoms with van der Waals surface area (Å²) in [6, 6.07) is 1.22. The van der Waals surface area contributed by atoms with Crippen LogP contribution in [-0.4, -0.2) is 47.2 Å². The molecular weight excluding hydrogens is 238 g/mol. The standard InChI is InChI=1S/C12H17NO5/c1-13(5-3-2-4-6-14)11(15)10-7-9(8-18-10)12(16)17/h7-8,14H,2-6H2,1H3,(H,16,17). The lowest BCUT2D eigenvalue weighted by Gasteiger charge is -2.15. The summed E-state index contributed by atoms with van der Waals surface area (Å²) in [5.74, 6) is -1.44. The Morgan fingerprint density at radius 1 is 1.33 bits per heavy atom. The molecule has 0 spiro atoms. The molecule has 1 rings (SSSR count). The van der Waals surface area contributed by atoms with E-state index in [1.165, 1.54) is 11.0 Å². The van der Waals surface area contributed by atoms with Gasteiger partial charge in [-0.1, -0.05) is 0 Å². The number of furan rings is 1. The smallest absolute Gasteiger partial charge is 0.338 e. The summed E-state index contributed by atoms with van der Waals surface area (Å²) < 4.78 is 4.92. The third-order valence-electron chi connectivity index (χ3n) is 2.56. The number of hydrogen-bond acceptors (Lipinski definition) is 4. The summed E-state index contributed by atoms with van der Waals surface area (Å²) in [5, 5.41) is 17.3. The molecule has 0 unspecified atom stereocenters. The topological polar surface area (TPSA) is 91.0 Å². The lowest BCUT2D eigenvalue weighted by atomic mass is 10.2. The molecule has 0 radical (unpaired) electrons. The average Bonchev–Trinajstić information content (AvgIpc) is 2.83. The van der Waals surface area contributed by atoms with Gasteiger partial charge in [0.1, 0.15) is 6.26 Å². The van der Waals surface area contributed by atoms with Gasteiger partial charge in [-0.05, 0) is 19.3 Å². The molecular formula is C12H17NO5. The van der Waals surface area contributed by atoms with E-state index in [1.54, 1.807) is 7.05 Å². The minimum Gasteiger partial charge on any atom is -0.478 e. The van der Waals surface area contributed by atoms with E-state index in [2.05, 4.69) is 0 Å². The van der Waals surface area contributed by atoms with Crippen LogP contribution in [0.3, 0.4) is 0 Å². The van der Waals surface area contributed by atoms with Gasteiger partial charge in [-0.3, -0.25) is 4.79 Å². The molecule has 18 heavy (non-hydrogen) atoms. The third kappa shape index (κ3) is 3.89. The van der Waals surface area contributed by atoms with E-state index in [1.807, 2.05) is 0 Å². The maximum atomic E-state index is 11.8.